The van der Waals surface area contributed by atoms with Crippen LogP contribution in [-0.4, -0.2) is 0 Å². The summed E-state index contributed by atoms with van der Waals surface area (Å²) in [5.41, 5.74) is 0.557. The predicted molar refractivity (Wildman–Crippen MR) is 48.3 cm³/mol. The zero-order chi connectivity index (χ0) is 7.90. The van der Waals surface area contributed by atoms with Crippen LogP contribution in [0.1, 0.15) is 26.2 Å². The molecule has 0 N–H and O–H groups in total. The highest BCUT2D eigenvalue weighted by molar-refractivity contribution is 5.15. The van der Waals surface area contributed by atoms with Crippen LogP contribution in [0.5, 0.6) is 0 Å². The molecule has 3 atom stereocenters. The molecule has 2 bridgehead atoms. The maximum Gasteiger partial charge on any atom is -0.0171 e. The molecule has 60 valence electrons. The molecule has 0 spiro atoms. The van der Waals surface area contributed by atoms with Gasteiger partial charge in [-0.2, -0.15) is 0 Å². The molecule has 2 rings (SSSR count). The van der Waals surface area contributed by atoms with Crippen molar-refractivity contribution < 1.29 is 0 Å². The normalized spacial score (nSPS) is 46.6. The fourth-order valence-electron chi connectivity index (χ4n) is 2.76. The Morgan fingerprint density at radius 1 is 1.64 bits per heavy atom. The highest BCUT2D eigenvalue weighted by atomic mass is 14.5. The van der Waals surface area contributed by atoms with Crippen LogP contribution in [0.25, 0.3) is 0 Å². The Hall–Kier alpha value is -0.520. The number of hydrogen-bond donors (Lipinski definition) is 0. The second-order valence-electron chi connectivity index (χ2n) is 4.34. The molecule has 2 aliphatic rings. The van der Waals surface area contributed by atoms with Crippen molar-refractivity contribution in [1.82, 2.24) is 0 Å². The van der Waals surface area contributed by atoms with Crippen molar-refractivity contribution >= 4 is 0 Å². The van der Waals surface area contributed by atoms with Gasteiger partial charge in [0, 0.05) is 0 Å². The Morgan fingerprint density at radius 3 is 2.91 bits per heavy atom. The van der Waals surface area contributed by atoms with Gasteiger partial charge in [-0.1, -0.05) is 25.2 Å². The van der Waals surface area contributed by atoms with Gasteiger partial charge in [-0.05, 0) is 36.5 Å². The van der Waals surface area contributed by atoms with Crippen LogP contribution < -0.4 is 0 Å². The van der Waals surface area contributed by atoms with E-state index in [1.807, 2.05) is 0 Å². The monoisotopic (exact) mass is 148 g/mol. The van der Waals surface area contributed by atoms with E-state index >= 15 is 0 Å². The molecule has 0 aromatic heterocycles. The molecule has 0 aromatic carbocycles. The lowest BCUT2D eigenvalue weighted by Gasteiger charge is -2.29. The quantitative estimate of drug-likeness (QED) is 0.528. The van der Waals surface area contributed by atoms with Crippen molar-refractivity contribution in [3.63, 3.8) is 0 Å². The average molecular weight is 148 g/mol. The van der Waals surface area contributed by atoms with E-state index in [1.165, 1.54) is 19.3 Å². The molecular formula is C11H16. The van der Waals surface area contributed by atoms with Crippen LogP contribution >= 0.6 is 0 Å². The van der Waals surface area contributed by atoms with Gasteiger partial charge >= 0.3 is 0 Å². The summed E-state index contributed by atoms with van der Waals surface area (Å²) in [6.45, 7) is 6.23. The summed E-state index contributed by atoms with van der Waals surface area (Å²) in [6, 6.07) is 0. The van der Waals surface area contributed by atoms with E-state index in [9.17, 15) is 0 Å². The van der Waals surface area contributed by atoms with E-state index in [-0.39, 0.29) is 0 Å². The highest BCUT2D eigenvalue weighted by Crippen LogP contribution is 2.53. The standard InChI is InChI=1S/C11H16/c1-3-6-11(2)8-9-4-5-10(11)7-9/h3-5,9-10H,1,6-8H2,2H3. The predicted octanol–water partition coefficient (Wildman–Crippen LogP) is 3.16. The lowest BCUT2D eigenvalue weighted by atomic mass is 9.75. The molecule has 0 saturated heterocycles. The minimum Gasteiger partial charge on any atom is -0.103 e. The average Bonchev–Trinajstić information content (AvgIpc) is 2.45. The number of rotatable bonds is 2. The van der Waals surface area contributed by atoms with Crippen LogP contribution in [0.3, 0.4) is 0 Å². The van der Waals surface area contributed by atoms with E-state index in [0.29, 0.717) is 5.41 Å². The van der Waals surface area contributed by atoms with Crippen LogP contribution in [0.15, 0.2) is 24.8 Å². The SMILES string of the molecule is C=CCC1(C)CC2C=CC1C2. The van der Waals surface area contributed by atoms with Gasteiger partial charge in [-0.15, -0.1) is 6.58 Å². The van der Waals surface area contributed by atoms with Crippen molar-refractivity contribution in [2.24, 2.45) is 17.3 Å². The number of allylic oxidation sites excluding steroid dienone is 3. The Balaban J connectivity index is 2.16. The third-order valence-corrected chi connectivity index (χ3v) is 3.41. The third-order valence-electron chi connectivity index (χ3n) is 3.41. The highest BCUT2D eigenvalue weighted by Gasteiger charge is 2.43. The summed E-state index contributed by atoms with van der Waals surface area (Å²) in [6.07, 6.45) is 10.9. The second-order valence-corrected chi connectivity index (χ2v) is 4.34. The van der Waals surface area contributed by atoms with E-state index in [4.69, 9.17) is 0 Å². The maximum absolute atomic E-state index is 3.83. The van der Waals surface area contributed by atoms with Crippen molar-refractivity contribution in [2.45, 2.75) is 26.2 Å². The molecule has 0 heterocycles. The van der Waals surface area contributed by atoms with Crippen LogP contribution in [0.4, 0.5) is 0 Å². The molecule has 0 nitrogen and oxygen atoms in total. The zero-order valence-corrected chi connectivity index (χ0v) is 7.22. The molecule has 0 aliphatic heterocycles. The Kier molecular flexibility index (Phi) is 1.45. The molecule has 0 heteroatoms. The van der Waals surface area contributed by atoms with Crippen molar-refractivity contribution in [3.8, 4) is 0 Å². The number of hydrogen-bond acceptors (Lipinski definition) is 0. The van der Waals surface area contributed by atoms with E-state index in [1.54, 1.807) is 0 Å². The summed E-state index contributed by atoms with van der Waals surface area (Å²) in [7, 11) is 0. The van der Waals surface area contributed by atoms with Crippen molar-refractivity contribution in [2.75, 3.05) is 0 Å². The Morgan fingerprint density at radius 2 is 2.45 bits per heavy atom. The van der Waals surface area contributed by atoms with Crippen LogP contribution in [0.2, 0.25) is 0 Å². The fourth-order valence-corrected chi connectivity index (χ4v) is 2.76. The zero-order valence-electron chi connectivity index (χ0n) is 7.22. The second kappa shape index (κ2) is 2.23. The van der Waals surface area contributed by atoms with Crippen LogP contribution in [-0.2, 0) is 0 Å². The molecular weight excluding hydrogens is 132 g/mol. The minimum absolute atomic E-state index is 0.557. The van der Waals surface area contributed by atoms with E-state index in [2.05, 4.69) is 31.7 Å². The van der Waals surface area contributed by atoms with Gasteiger partial charge in [0.2, 0.25) is 0 Å². The Labute approximate surface area is 69.0 Å². The lowest BCUT2D eigenvalue weighted by Crippen LogP contribution is -2.20. The third kappa shape index (κ3) is 0.962. The molecule has 3 unspecified atom stereocenters. The summed E-state index contributed by atoms with van der Waals surface area (Å²) in [5.74, 6) is 1.75. The molecule has 2 aliphatic carbocycles. The summed E-state index contributed by atoms with van der Waals surface area (Å²) >= 11 is 0. The molecule has 0 radical (unpaired) electrons. The molecule has 0 aromatic rings. The first kappa shape index (κ1) is 7.15. The summed E-state index contributed by atoms with van der Waals surface area (Å²) < 4.78 is 0. The van der Waals surface area contributed by atoms with Gasteiger partial charge in [0.25, 0.3) is 0 Å². The summed E-state index contributed by atoms with van der Waals surface area (Å²) in [5, 5.41) is 0. The van der Waals surface area contributed by atoms with Gasteiger partial charge in [0.15, 0.2) is 0 Å². The van der Waals surface area contributed by atoms with E-state index in [0.717, 1.165) is 11.8 Å². The molecule has 11 heavy (non-hydrogen) atoms. The largest absolute Gasteiger partial charge is 0.103 e. The lowest BCUT2D eigenvalue weighted by molar-refractivity contribution is 0.266. The maximum atomic E-state index is 3.83. The fraction of sp³-hybridized carbons (Fsp3) is 0.636. The van der Waals surface area contributed by atoms with Gasteiger partial charge < -0.3 is 0 Å². The smallest absolute Gasteiger partial charge is 0.0171 e. The first-order valence-electron chi connectivity index (χ1n) is 4.54. The van der Waals surface area contributed by atoms with Gasteiger partial charge in [0.1, 0.15) is 0 Å². The molecule has 1 fully saturated rings. The van der Waals surface area contributed by atoms with Crippen LogP contribution in [0, 0.1) is 17.3 Å². The summed E-state index contributed by atoms with van der Waals surface area (Å²) in [4.78, 5) is 0. The number of fused-ring (bicyclic) bond motifs is 2. The molecule has 1 saturated carbocycles. The van der Waals surface area contributed by atoms with E-state index < -0.39 is 0 Å². The minimum atomic E-state index is 0.557. The van der Waals surface area contributed by atoms with Gasteiger partial charge in [-0.25, -0.2) is 0 Å². The first-order chi connectivity index (χ1) is 5.24. The van der Waals surface area contributed by atoms with Gasteiger partial charge in [0.05, 0.1) is 0 Å². The topological polar surface area (TPSA) is 0 Å². The first-order valence-corrected chi connectivity index (χ1v) is 4.54. The molecule has 0 amide bonds. The van der Waals surface area contributed by atoms with Crippen molar-refractivity contribution in [3.05, 3.63) is 24.8 Å². The van der Waals surface area contributed by atoms with Gasteiger partial charge in [-0.3, -0.25) is 0 Å². The van der Waals surface area contributed by atoms with Crippen molar-refractivity contribution in [1.29, 1.82) is 0 Å². The Bertz CT molecular complexity index is 202.